The van der Waals surface area contributed by atoms with Crippen molar-refractivity contribution in [2.24, 2.45) is 4.99 Å². The lowest BCUT2D eigenvalue weighted by atomic mass is 10.1. The standard InChI is InChI=1S/C17H17F3N4S/c1-23-4-6-24(7-5-23)16-12-9-21-14-8-11(17(18,19)20)2-3-13(14)22-15(12)10-25-16/h2-3,8-10,22H,4-7H2,1H3. The van der Waals surface area contributed by atoms with E-state index in [0.29, 0.717) is 11.4 Å². The molecule has 0 atom stereocenters. The SMILES string of the molecule is CN1CCN(c2scc3c2C=Nc2cc(C(F)(F)F)ccc2N3)CC1. The topological polar surface area (TPSA) is 30.9 Å². The van der Waals surface area contributed by atoms with Crippen molar-refractivity contribution in [3.8, 4) is 0 Å². The molecule has 0 saturated carbocycles. The summed E-state index contributed by atoms with van der Waals surface area (Å²) in [6, 6.07) is 3.61. The van der Waals surface area contributed by atoms with Crippen molar-refractivity contribution in [1.29, 1.82) is 0 Å². The van der Waals surface area contributed by atoms with Gasteiger partial charge in [0.15, 0.2) is 0 Å². The van der Waals surface area contributed by atoms with Gasteiger partial charge in [0.2, 0.25) is 0 Å². The third kappa shape index (κ3) is 3.11. The number of anilines is 3. The van der Waals surface area contributed by atoms with Crippen LogP contribution in [0.25, 0.3) is 0 Å². The van der Waals surface area contributed by atoms with E-state index >= 15 is 0 Å². The maximum atomic E-state index is 12.9. The molecule has 8 heteroatoms. The lowest BCUT2D eigenvalue weighted by molar-refractivity contribution is -0.137. The second-order valence-corrected chi connectivity index (χ2v) is 7.13. The van der Waals surface area contributed by atoms with Crippen LogP contribution in [-0.2, 0) is 6.18 Å². The number of aliphatic imine (C=N–C) groups is 1. The van der Waals surface area contributed by atoms with Crippen LogP contribution in [-0.4, -0.2) is 44.3 Å². The summed E-state index contributed by atoms with van der Waals surface area (Å²) in [6.07, 6.45) is -2.69. The highest BCUT2D eigenvalue weighted by Gasteiger charge is 2.31. The molecule has 0 spiro atoms. The van der Waals surface area contributed by atoms with Gasteiger partial charge in [0.05, 0.1) is 28.2 Å². The zero-order chi connectivity index (χ0) is 17.6. The monoisotopic (exact) mass is 366 g/mol. The number of rotatable bonds is 1. The number of benzene rings is 1. The smallest absolute Gasteiger partial charge is 0.360 e. The van der Waals surface area contributed by atoms with Crippen molar-refractivity contribution in [3.05, 3.63) is 34.7 Å². The highest BCUT2D eigenvalue weighted by Crippen LogP contribution is 2.42. The predicted octanol–water partition coefficient (Wildman–Crippen LogP) is 4.33. The van der Waals surface area contributed by atoms with Crippen LogP contribution in [0.3, 0.4) is 0 Å². The van der Waals surface area contributed by atoms with Crippen LogP contribution in [0.5, 0.6) is 0 Å². The molecule has 1 aromatic carbocycles. The van der Waals surface area contributed by atoms with Crippen molar-refractivity contribution in [2.45, 2.75) is 6.18 Å². The summed E-state index contributed by atoms with van der Waals surface area (Å²) in [7, 11) is 2.10. The number of fused-ring (bicyclic) bond motifs is 2. The Labute approximate surface area is 147 Å². The van der Waals surface area contributed by atoms with Gasteiger partial charge in [-0.2, -0.15) is 13.2 Å². The normalized spacial score (nSPS) is 17.7. The van der Waals surface area contributed by atoms with Crippen molar-refractivity contribution in [2.75, 3.05) is 43.4 Å². The summed E-state index contributed by atoms with van der Waals surface area (Å²) < 4.78 is 38.8. The molecule has 2 aliphatic rings. The maximum Gasteiger partial charge on any atom is 0.416 e. The average Bonchev–Trinajstić information content (AvgIpc) is 2.87. The first-order valence-electron chi connectivity index (χ1n) is 7.99. The molecule has 1 saturated heterocycles. The van der Waals surface area contributed by atoms with Crippen LogP contribution >= 0.6 is 11.3 Å². The van der Waals surface area contributed by atoms with E-state index in [1.807, 2.05) is 5.38 Å². The molecule has 2 aliphatic heterocycles. The minimum Gasteiger partial charge on any atom is -0.360 e. The van der Waals surface area contributed by atoms with Gasteiger partial charge < -0.3 is 15.1 Å². The van der Waals surface area contributed by atoms with Crippen LogP contribution in [0.15, 0.2) is 28.6 Å². The molecule has 0 amide bonds. The van der Waals surface area contributed by atoms with Crippen LogP contribution < -0.4 is 10.2 Å². The van der Waals surface area contributed by atoms with E-state index in [1.165, 1.54) is 6.07 Å². The Morgan fingerprint density at radius 3 is 2.60 bits per heavy atom. The lowest BCUT2D eigenvalue weighted by Crippen LogP contribution is -2.44. The molecule has 0 unspecified atom stereocenters. The number of piperazine rings is 1. The fraction of sp³-hybridized carbons (Fsp3) is 0.353. The van der Waals surface area contributed by atoms with Crippen LogP contribution in [0.1, 0.15) is 11.1 Å². The Morgan fingerprint density at radius 1 is 1.12 bits per heavy atom. The van der Waals surface area contributed by atoms with Crippen LogP contribution in [0.4, 0.5) is 35.2 Å². The number of nitrogens with zero attached hydrogens (tertiary/aromatic N) is 3. The van der Waals surface area contributed by atoms with Gasteiger partial charge in [0.25, 0.3) is 0 Å². The van der Waals surface area contributed by atoms with E-state index in [0.717, 1.165) is 54.6 Å². The second kappa shape index (κ2) is 6.03. The van der Waals surface area contributed by atoms with Crippen molar-refractivity contribution in [1.82, 2.24) is 4.90 Å². The molecule has 25 heavy (non-hydrogen) atoms. The summed E-state index contributed by atoms with van der Waals surface area (Å²) >= 11 is 1.64. The van der Waals surface area contributed by atoms with Crippen LogP contribution in [0.2, 0.25) is 0 Å². The molecule has 2 aromatic rings. The van der Waals surface area contributed by atoms with E-state index < -0.39 is 11.7 Å². The van der Waals surface area contributed by atoms with Gasteiger partial charge in [0.1, 0.15) is 5.00 Å². The largest absolute Gasteiger partial charge is 0.416 e. The molecule has 3 heterocycles. The number of likely N-dealkylation sites (N-methyl/N-ethyl adjacent to an activating group) is 1. The number of alkyl halides is 3. The Balaban J connectivity index is 1.67. The predicted molar refractivity (Wildman–Crippen MR) is 96.0 cm³/mol. The Hall–Kier alpha value is -2.06. The number of nitrogens with one attached hydrogen (secondary N) is 1. The molecule has 4 nitrogen and oxygen atoms in total. The van der Waals surface area contributed by atoms with E-state index in [4.69, 9.17) is 0 Å². The Bertz CT molecular complexity index is 820. The molecule has 1 N–H and O–H groups in total. The van der Waals surface area contributed by atoms with E-state index in [1.54, 1.807) is 17.6 Å². The number of hydrogen-bond donors (Lipinski definition) is 1. The maximum absolute atomic E-state index is 12.9. The number of thiophene rings is 1. The van der Waals surface area contributed by atoms with Gasteiger partial charge in [-0.3, -0.25) is 4.99 Å². The second-order valence-electron chi connectivity index (χ2n) is 6.27. The highest BCUT2D eigenvalue weighted by molar-refractivity contribution is 7.15. The summed E-state index contributed by atoms with van der Waals surface area (Å²) in [5.74, 6) is 0. The minimum absolute atomic E-state index is 0.306. The first-order chi connectivity index (χ1) is 11.9. The van der Waals surface area contributed by atoms with E-state index in [-0.39, 0.29) is 0 Å². The third-order valence-corrected chi connectivity index (χ3v) is 5.58. The van der Waals surface area contributed by atoms with Gasteiger partial charge in [-0.15, -0.1) is 11.3 Å². The molecule has 4 rings (SSSR count). The summed E-state index contributed by atoms with van der Waals surface area (Å²) in [4.78, 5) is 8.92. The third-order valence-electron chi connectivity index (χ3n) is 4.53. The fourth-order valence-electron chi connectivity index (χ4n) is 3.03. The first kappa shape index (κ1) is 16.4. The van der Waals surface area contributed by atoms with Gasteiger partial charge in [-0.05, 0) is 25.2 Å². The zero-order valence-electron chi connectivity index (χ0n) is 13.6. The van der Waals surface area contributed by atoms with E-state index in [2.05, 4.69) is 27.2 Å². The molecule has 0 aliphatic carbocycles. The van der Waals surface area contributed by atoms with Crippen molar-refractivity contribution in [3.63, 3.8) is 0 Å². The van der Waals surface area contributed by atoms with Gasteiger partial charge in [0, 0.05) is 37.8 Å². The molecular formula is C17H17F3N4S. The van der Waals surface area contributed by atoms with Crippen molar-refractivity contribution < 1.29 is 13.2 Å². The average molecular weight is 366 g/mol. The summed E-state index contributed by atoms with van der Waals surface area (Å²) in [5.41, 5.74) is 2.04. The molecule has 0 radical (unpaired) electrons. The highest BCUT2D eigenvalue weighted by atomic mass is 32.1. The first-order valence-corrected chi connectivity index (χ1v) is 8.87. The zero-order valence-corrected chi connectivity index (χ0v) is 14.4. The fourth-order valence-corrected chi connectivity index (χ4v) is 4.07. The molecule has 132 valence electrons. The number of hydrogen-bond acceptors (Lipinski definition) is 5. The molecular weight excluding hydrogens is 349 g/mol. The lowest BCUT2D eigenvalue weighted by Gasteiger charge is -2.33. The van der Waals surface area contributed by atoms with Gasteiger partial charge in [-0.25, -0.2) is 0 Å². The van der Waals surface area contributed by atoms with E-state index in [9.17, 15) is 13.2 Å². The molecule has 1 aromatic heterocycles. The quantitative estimate of drug-likeness (QED) is 0.696. The summed E-state index contributed by atoms with van der Waals surface area (Å²) in [5, 5.41) is 6.35. The number of halogens is 3. The van der Waals surface area contributed by atoms with Gasteiger partial charge in [-0.1, -0.05) is 0 Å². The Morgan fingerprint density at radius 2 is 1.88 bits per heavy atom. The van der Waals surface area contributed by atoms with Crippen molar-refractivity contribution >= 4 is 39.6 Å². The minimum atomic E-state index is -4.37. The molecule has 1 fully saturated rings. The Kier molecular flexibility index (Phi) is 3.96. The molecule has 0 bridgehead atoms. The van der Waals surface area contributed by atoms with Crippen LogP contribution in [0, 0.1) is 0 Å². The summed E-state index contributed by atoms with van der Waals surface area (Å²) in [6.45, 7) is 3.85. The van der Waals surface area contributed by atoms with Gasteiger partial charge >= 0.3 is 6.18 Å².